The van der Waals surface area contributed by atoms with Gasteiger partial charge in [-0.05, 0) is 12.8 Å². The van der Waals surface area contributed by atoms with Crippen LogP contribution in [0.25, 0.3) is 0 Å². The van der Waals surface area contributed by atoms with Gasteiger partial charge in [0.05, 0.1) is 0 Å². The van der Waals surface area contributed by atoms with Crippen LogP contribution in [0.15, 0.2) is 12.7 Å². The molecular weight excluding hydrogens is 112 g/mol. The number of hydrogen-bond acceptors (Lipinski definition) is 1. The highest BCUT2D eigenvalue weighted by Gasteiger charge is 1.72. The number of aliphatic hydroxyl groups is 1. The molecule has 0 unspecified atom stereocenters. The van der Waals surface area contributed by atoms with Gasteiger partial charge in [-0.15, -0.1) is 19.0 Å². The van der Waals surface area contributed by atoms with E-state index >= 15 is 0 Å². The van der Waals surface area contributed by atoms with E-state index in [2.05, 4.69) is 6.58 Å². The van der Waals surface area contributed by atoms with Gasteiger partial charge in [0.25, 0.3) is 0 Å². The molecule has 0 aromatic rings. The lowest BCUT2D eigenvalue weighted by molar-refractivity contribution is 0.289. The summed E-state index contributed by atoms with van der Waals surface area (Å²) in [5, 5.41) is 8.15. The van der Waals surface area contributed by atoms with Crippen molar-refractivity contribution < 1.29 is 5.11 Å². The minimum absolute atomic E-state index is 0. The summed E-state index contributed by atoms with van der Waals surface area (Å²) in [7, 11) is 0. The molecule has 0 aromatic heterocycles. The molecule has 7 heavy (non-hydrogen) atoms. The van der Waals surface area contributed by atoms with Crippen molar-refractivity contribution in [2.45, 2.75) is 12.8 Å². The molecule has 0 saturated heterocycles. The molecule has 0 aliphatic rings. The zero-order valence-electron chi connectivity index (χ0n) is 4.26. The third-order valence-electron chi connectivity index (χ3n) is 0.566. The number of aliphatic hydroxyl groups excluding tert-OH is 1. The number of rotatable bonds is 3. The Labute approximate surface area is 50.5 Å². The topological polar surface area (TPSA) is 20.2 Å². The maximum atomic E-state index is 8.15. The Morgan fingerprint density at radius 2 is 2.14 bits per heavy atom. The minimum Gasteiger partial charge on any atom is -0.396 e. The average Bonchev–Trinajstić information content (AvgIpc) is 1.61. The van der Waals surface area contributed by atoms with Gasteiger partial charge in [0.1, 0.15) is 0 Å². The number of halogens is 1. The van der Waals surface area contributed by atoms with Crippen molar-refractivity contribution in [1.82, 2.24) is 0 Å². The molecule has 0 aromatic carbocycles. The minimum atomic E-state index is 0. The summed E-state index contributed by atoms with van der Waals surface area (Å²) in [4.78, 5) is 0. The van der Waals surface area contributed by atoms with Crippen molar-refractivity contribution in [3.8, 4) is 0 Å². The van der Waals surface area contributed by atoms with Crippen LogP contribution in [0, 0.1) is 0 Å². The summed E-state index contributed by atoms with van der Waals surface area (Å²) in [6.45, 7) is 3.77. The van der Waals surface area contributed by atoms with Crippen molar-refractivity contribution in [2.75, 3.05) is 6.61 Å². The van der Waals surface area contributed by atoms with E-state index in [9.17, 15) is 0 Å². The molecule has 1 N–H and O–H groups in total. The molecule has 0 radical (unpaired) electrons. The first-order chi connectivity index (χ1) is 2.91. The predicted molar refractivity (Wildman–Crippen MR) is 33.8 cm³/mol. The SMILES string of the molecule is C=CCCCO.Cl. The lowest BCUT2D eigenvalue weighted by atomic mass is 10.3. The van der Waals surface area contributed by atoms with E-state index < -0.39 is 0 Å². The second kappa shape index (κ2) is 9.37. The van der Waals surface area contributed by atoms with Gasteiger partial charge in [0, 0.05) is 6.61 Å². The molecule has 0 bridgehead atoms. The Bertz CT molecular complexity index is 37.1. The molecule has 2 heteroatoms. The summed E-state index contributed by atoms with van der Waals surface area (Å²) in [5.74, 6) is 0. The summed E-state index contributed by atoms with van der Waals surface area (Å²) in [6.07, 6.45) is 3.58. The summed E-state index contributed by atoms with van der Waals surface area (Å²) < 4.78 is 0. The fraction of sp³-hybridized carbons (Fsp3) is 0.600. The molecule has 0 saturated carbocycles. The Hall–Kier alpha value is -0.0100. The van der Waals surface area contributed by atoms with Crippen LogP contribution in [0.4, 0.5) is 0 Å². The lowest BCUT2D eigenvalue weighted by Gasteiger charge is -1.81. The Kier molecular flexibility index (Phi) is 13.5. The first-order valence-electron chi connectivity index (χ1n) is 2.13. The number of hydrogen-bond donors (Lipinski definition) is 1. The molecule has 0 amide bonds. The van der Waals surface area contributed by atoms with Gasteiger partial charge in [0.2, 0.25) is 0 Å². The van der Waals surface area contributed by atoms with Crippen molar-refractivity contribution in [3.63, 3.8) is 0 Å². The fourth-order valence-corrected chi connectivity index (χ4v) is 0.236. The molecule has 0 heterocycles. The highest BCUT2D eigenvalue weighted by Crippen LogP contribution is 1.83. The van der Waals surface area contributed by atoms with Crippen LogP contribution < -0.4 is 0 Å². The lowest BCUT2D eigenvalue weighted by Crippen LogP contribution is -1.76. The molecule has 0 fully saturated rings. The van der Waals surface area contributed by atoms with E-state index in [0.717, 1.165) is 12.8 Å². The van der Waals surface area contributed by atoms with E-state index in [0.29, 0.717) is 0 Å². The Morgan fingerprint density at radius 1 is 1.57 bits per heavy atom. The molecular formula is C5H11ClO. The van der Waals surface area contributed by atoms with Crippen LogP contribution in [0.2, 0.25) is 0 Å². The van der Waals surface area contributed by atoms with Gasteiger partial charge in [-0.1, -0.05) is 6.08 Å². The third-order valence-corrected chi connectivity index (χ3v) is 0.566. The van der Waals surface area contributed by atoms with Crippen molar-refractivity contribution in [2.24, 2.45) is 0 Å². The molecule has 0 aliphatic heterocycles. The molecule has 1 nitrogen and oxygen atoms in total. The van der Waals surface area contributed by atoms with E-state index in [4.69, 9.17) is 5.11 Å². The maximum Gasteiger partial charge on any atom is 0.0433 e. The fourth-order valence-electron chi connectivity index (χ4n) is 0.236. The summed E-state index contributed by atoms with van der Waals surface area (Å²) in [6, 6.07) is 0. The smallest absolute Gasteiger partial charge is 0.0433 e. The molecule has 44 valence electrons. The van der Waals surface area contributed by atoms with Crippen LogP contribution in [0.3, 0.4) is 0 Å². The van der Waals surface area contributed by atoms with Crippen molar-refractivity contribution >= 4 is 12.4 Å². The summed E-state index contributed by atoms with van der Waals surface area (Å²) in [5.41, 5.74) is 0. The van der Waals surface area contributed by atoms with E-state index in [1.54, 1.807) is 6.08 Å². The highest BCUT2D eigenvalue weighted by atomic mass is 35.5. The van der Waals surface area contributed by atoms with Crippen molar-refractivity contribution in [3.05, 3.63) is 12.7 Å². The van der Waals surface area contributed by atoms with Gasteiger partial charge < -0.3 is 5.11 Å². The quantitative estimate of drug-likeness (QED) is 0.443. The van der Waals surface area contributed by atoms with Crippen LogP contribution in [0.5, 0.6) is 0 Å². The van der Waals surface area contributed by atoms with Crippen LogP contribution in [-0.2, 0) is 0 Å². The Morgan fingerprint density at radius 3 is 2.29 bits per heavy atom. The molecule has 0 rings (SSSR count). The molecule has 0 aliphatic carbocycles. The number of unbranched alkanes of at least 4 members (excludes halogenated alkanes) is 1. The van der Waals surface area contributed by atoms with Crippen LogP contribution in [-0.4, -0.2) is 11.7 Å². The second-order valence-electron chi connectivity index (χ2n) is 1.15. The normalized spacial score (nSPS) is 7.00. The number of allylic oxidation sites excluding steroid dienone is 1. The van der Waals surface area contributed by atoms with Crippen LogP contribution in [0.1, 0.15) is 12.8 Å². The second-order valence-corrected chi connectivity index (χ2v) is 1.15. The molecule has 0 atom stereocenters. The highest BCUT2D eigenvalue weighted by molar-refractivity contribution is 5.85. The molecule has 0 spiro atoms. The predicted octanol–water partition coefficient (Wildman–Crippen LogP) is 1.37. The van der Waals surface area contributed by atoms with Crippen LogP contribution >= 0.6 is 12.4 Å². The third kappa shape index (κ3) is 10.7. The largest absolute Gasteiger partial charge is 0.396 e. The zero-order valence-corrected chi connectivity index (χ0v) is 5.08. The Balaban J connectivity index is 0. The van der Waals surface area contributed by atoms with Gasteiger partial charge in [0.15, 0.2) is 0 Å². The first-order valence-corrected chi connectivity index (χ1v) is 2.13. The maximum absolute atomic E-state index is 8.15. The van der Waals surface area contributed by atoms with Gasteiger partial charge in [-0.2, -0.15) is 0 Å². The van der Waals surface area contributed by atoms with E-state index in [-0.39, 0.29) is 19.0 Å². The van der Waals surface area contributed by atoms with E-state index in [1.807, 2.05) is 0 Å². The summed E-state index contributed by atoms with van der Waals surface area (Å²) >= 11 is 0. The van der Waals surface area contributed by atoms with Gasteiger partial charge in [-0.3, -0.25) is 0 Å². The van der Waals surface area contributed by atoms with E-state index in [1.165, 1.54) is 0 Å². The van der Waals surface area contributed by atoms with Gasteiger partial charge in [-0.25, -0.2) is 0 Å². The first kappa shape index (κ1) is 10.1. The van der Waals surface area contributed by atoms with Gasteiger partial charge >= 0.3 is 0 Å². The average molecular weight is 123 g/mol. The zero-order chi connectivity index (χ0) is 4.83. The standard InChI is InChI=1S/C5H10O.ClH/c1-2-3-4-5-6;/h2,6H,1,3-5H2;1H. The van der Waals surface area contributed by atoms with Crippen molar-refractivity contribution in [1.29, 1.82) is 0 Å². The monoisotopic (exact) mass is 122 g/mol.